The summed E-state index contributed by atoms with van der Waals surface area (Å²) in [5.74, 6) is -2.80. The van der Waals surface area contributed by atoms with E-state index in [9.17, 15) is 22.7 Å². The van der Waals surface area contributed by atoms with Crippen LogP contribution in [0.25, 0.3) is 0 Å². The predicted octanol–water partition coefficient (Wildman–Crippen LogP) is 3.71. The number of anilines is 1. The van der Waals surface area contributed by atoms with Crippen LogP contribution >= 0.6 is 0 Å². The van der Waals surface area contributed by atoms with Crippen LogP contribution in [-0.4, -0.2) is 57.0 Å². The van der Waals surface area contributed by atoms with Crippen molar-refractivity contribution in [3.8, 4) is 0 Å². The van der Waals surface area contributed by atoms with E-state index in [1.54, 1.807) is 6.92 Å². The van der Waals surface area contributed by atoms with Crippen molar-refractivity contribution in [3.63, 3.8) is 0 Å². The molecule has 1 N–H and O–H groups in total. The number of benzene rings is 2. The molecule has 6 nitrogen and oxygen atoms in total. The summed E-state index contributed by atoms with van der Waals surface area (Å²) < 4.78 is 57.3. The third-order valence-corrected chi connectivity index (χ3v) is 6.86. The molecule has 2 atom stereocenters. The van der Waals surface area contributed by atoms with Crippen molar-refractivity contribution in [1.29, 1.82) is 0 Å². The second-order valence-corrected chi connectivity index (χ2v) is 8.80. The highest BCUT2D eigenvalue weighted by Crippen LogP contribution is 2.35. The molecule has 1 saturated heterocycles. The molecule has 2 heterocycles. The van der Waals surface area contributed by atoms with E-state index in [0.717, 1.165) is 18.2 Å². The van der Waals surface area contributed by atoms with Crippen molar-refractivity contribution in [2.24, 2.45) is 0 Å². The molecule has 0 unspecified atom stereocenters. The van der Waals surface area contributed by atoms with E-state index in [-0.39, 0.29) is 18.2 Å². The number of halogens is 4. The summed E-state index contributed by atoms with van der Waals surface area (Å²) in [6.07, 6.45) is 4.06. The lowest BCUT2D eigenvalue weighted by Crippen LogP contribution is -2.55. The molecular formula is C24H27F4N5O. The molecule has 0 aliphatic carbocycles. The van der Waals surface area contributed by atoms with Crippen molar-refractivity contribution in [3.05, 3.63) is 77.9 Å². The SMILES string of the molecule is C[C@@H](N(C)C1CCN(c2ccc(F)cc2F)CC1)[C@](O)(Cn1cncn1)c1ccc(F)cc1F. The maximum atomic E-state index is 14.8. The van der Waals surface area contributed by atoms with Gasteiger partial charge in [-0.25, -0.2) is 27.2 Å². The molecule has 10 heteroatoms. The summed E-state index contributed by atoms with van der Waals surface area (Å²) >= 11 is 0. The first-order valence-electron chi connectivity index (χ1n) is 11.1. The third kappa shape index (κ3) is 4.78. The number of nitrogens with zero attached hydrogens (tertiary/aromatic N) is 5. The minimum atomic E-state index is -1.74. The van der Waals surface area contributed by atoms with Gasteiger partial charge in [0, 0.05) is 42.9 Å². The Labute approximate surface area is 195 Å². The fourth-order valence-electron chi connectivity index (χ4n) is 4.75. The van der Waals surface area contributed by atoms with Gasteiger partial charge in [0.1, 0.15) is 41.5 Å². The van der Waals surface area contributed by atoms with Gasteiger partial charge < -0.3 is 10.0 Å². The molecule has 1 fully saturated rings. The van der Waals surface area contributed by atoms with Crippen LogP contribution < -0.4 is 4.90 Å². The van der Waals surface area contributed by atoms with Crippen molar-refractivity contribution >= 4 is 5.69 Å². The van der Waals surface area contributed by atoms with Gasteiger partial charge in [0.2, 0.25) is 0 Å². The van der Waals surface area contributed by atoms with E-state index < -0.39 is 34.9 Å². The lowest BCUT2D eigenvalue weighted by molar-refractivity contribution is -0.0697. The minimum absolute atomic E-state index is 0.0144. The molecule has 0 spiro atoms. The lowest BCUT2D eigenvalue weighted by Gasteiger charge is -2.45. The Morgan fingerprint density at radius 2 is 1.71 bits per heavy atom. The van der Waals surface area contributed by atoms with Gasteiger partial charge in [-0.05, 0) is 45.0 Å². The van der Waals surface area contributed by atoms with Crippen LogP contribution in [0, 0.1) is 23.3 Å². The van der Waals surface area contributed by atoms with E-state index in [1.807, 2.05) is 16.8 Å². The van der Waals surface area contributed by atoms with E-state index in [0.29, 0.717) is 31.6 Å². The van der Waals surface area contributed by atoms with Crippen molar-refractivity contribution in [2.75, 3.05) is 25.0 Å². The Bertz CT molecular complexity index is 1120. The smallest absolute Gasteiger partial charge is 0.149 e. The highest BCUT2D eigenvalue weighted by atomic mass is 19.1. The third-order valence-electron chi connectivity index (χ3n) is 6.86. The zero-order valence-corrected chi connectivity index (χ0v) is 19.0. The average Bonchev–Trinajstić information content (AvgIpc) is 3.31. The van der Waals surface area contributed by atoms with Gasteiger partial charge in [-0.2, -0.15) is 5.10 Å². The summed E-state index contributed by atoms with van der Waals surface area (Å²) in [6, 6.07) is 6.10. The number of aliphatic hydroxyl groups is 1. The van der Waals surface area contributed by atoms with Crippen LogP contribution in [0.5, 0.6) is 0 Å². The van der Waals surface area contributed by atoms with Crippen molar-refractivity contribution in [2.45, 2.75) is 44.0 Å². The number of hydrogen-bond acceptors (Lipinski definition) is 5. The predicted molar refractivity (Wildman–Crippen MR) is 119 cm³/mol. The summed E-state index contributed by atoms with van der Waals surface area (Å²) in [4.78, 5) is 7.73. The Morgan fingerprint density at radius 1 is 1.06 bits per heavy atom. The quantitative estimate of drug-likeness (QED) is 0.526. The molecule has 182 valence electrons. The highest BCUT2D eigenvalue weighted by Gasteiger charge is 2.43. The maximum Gasteiger partial charge on any atom is 0.149 e. The van der Waals surface area contributed by atoms with E-state index >= 15 is 0 Å². The molecule has 0 amide bonds. The molecule has 0 saturated carbocycles. The number of piperidine rings is 1. The summed E-state index contributed by atoms with van der Waals surface area (Å²) in [6.45, 7) is 2.78. The molecule has 0 radical (unpaired) electrons. The number of aromatic nitrogens is 3. The molecule has 2 aromatic carbocycles. The second kappa shape index (κ2) is 9.71. The van der Waals surface area contributed by atoms with Crippen LogP contribution in [-0.2, 0) is 12.1 Å². The lowest BCUT2D eigenvalue weighted by atomic mass is 9.84. The van der Waals surface area contributed by atoms with Crippen LogP contribution in [0.1, 0.15) is 25.3 Å². The molecular weight excluding hydrogens is 450 g/mol. The molecule has 3 aromatic rings. The fourth-order valence-corrected chi connectivity index (χ4v) is 4.75. The van der Waals surface area contributed by atoms with Crippen LogP contribution in [0.4, 0.5) is 23.2 Å². The summed E-state index contributed by atoms with van der Waals surface area (Å²) in [5, 5.41) is 15.8. The van der Waals surface area contributed by atoms with E-state index in [4.69, 9.17) is 0 Å². The molecule has 1 aliphatic rings. The van der Waals surface area contributed by atoms with E-state index in [1.165, 1.54) is 35.5 Å². The summed E-state index contributed by atoms with van der Waals surface area (Å²) in [7, 11) is 1.84. The van der Waals surface area contributed by atoms with Crippen molar-refractivity contribution < 1.29 is 22.7 Å². The van der Waals surface area contributed by atoms with Gasteiger partial charge in [0.15, 0.2) is 0 Å². The fraction of sp³-hybridized carbons (Fsp3) is 0.417. The summed E-state index contributed by atoms with van der Waals surface area (Å²) in [5.41, 5.74) is -1.42. The van der Waals surface area contributed by atoms with Gasteiger partial charge >= 0.3 is 0 Å². The van der Waals surface area contributed by atoms with Crippen molar-refractivity contribution in [1.82, 2.24) is 19.7 Å². The van der Waals surface area contributed by atoms with Gasteiger partial charge in [0.05, 0.1) is 12.2 Å². The standard InChI is InChI=1S/C24H27F4N5O/c1-16(24(34,13-33-15-29-14-30-33)20-5-3-17(25)11-21(20)27)31(2)19-7-9-32(10-8-19)23-6-4-18(26)12-22(23)28/h3-6,11-12,14-16,19,34H,7-10,13H2,1-2H3/t16-,24-/m1/s1. The zero-order chi connectivity index (χ0) is 24.5. The number of likely N-dealkylation sites (N-methyl/N-ethyl adjacent to an activating group) is 1. The Kier molecular flexibility index (Phi) is 6.90. The minimum Gasteiger partial charge on any atom is -0.381 e. The topological polar surface area (TPSA) is 57.4 Å². The van der Waals surface area contributed by atoms with Gasteiger partial charge in [-0.3, -0.25) is 4.90 Å². The molecule has 0 bridgehead atoms. The van der Waals surface area contributed by atoms with E-state index in [2.05, 4.69) is 10.1 Å². The van der Waals surface area contributed by atoms with Gasteiger partial charge in [-0.15, -0.1) is 0 Å². The molecule has 4 rings (SSSR count). The maximum absolute atomic E-state index is 14.8. The first kappa shape index (κ1) is 24.2. The normalized spacial score (nSPS) is 17.7. The molecule has 1 aromatic heterocycles. The average molecular weight is 478 g/mol. The largest absolute Gasteiger partial charge is 0.381 e. The number of rotatable bonds is 7. The second-order valence-electron chi connectivity index (χ2n) is 8.80. The Balaban J connectivity index is 1.54. The van der Waals surface area contributed by atoms with Crippen LogP contribution in [0.2, 0.25) is 0 Å². The van der Waals surface area contributed by atoms with Crippen LogP contribution in [0.15, 0.2) is 49.1 Å². The first-order valence-corrected chi connectivity index (χ1v) is 11.1. The van der Waals surface area contributed by atoms with Gasteiger partial charge in [0.25, 0.3) is 0 Å². The van der Waals surface area contributed by atoms with Crippen LogP contribution in [0.3, 0.4) is 0 Å². The zero-order valence-electron chi connectivity index (χ0n) is 19.0. The number of hydrogen-bond donors (Lipinski definition) is 1. The molecule has 34 heavy (non-hydrogen) atoms. The monoisotopic (exact) mass is 477 g/mol. The van der Waals surface area contributed by atoms with Gasteiger partial charge in [-0.1, -0.05) is 6.07 Å². The molecule has 1 aliphatic heterocycles. The highest BCUT2D eigenvalue weighted by molar-refractivity contribution is 5.48. The Hall–Kier alpha value is -2.98. The first-order chi connectivity index (χ1) is 16.2. The Morgan fingerprint density at radius 3 is 2.29 bits per heavy atom.